The van der Waals surface area contributed by atoms with E-state index in [-0.39, 0.29) is 11.9 Å². The zero-order valence-corrected chi connectivity index (χ0v) is 11.1. The van der Waals surface area contributed by atoms with Crippen LogP contribution >= 0.6 is 0 Å². The molecule has 19 heavy (non-hydrogen) atoms. The van der Waals surface area contributed by atoms with Gasteiger partial charge in [-0.15, -0.1) is 0 Å². The van der Waals surface area contributed by atoms with Gasteiger partial charge in [0.25, 0.3) is 0 Å². The van der Waals surface area contributed by atoms with Crippen molar-refractivity contribution in [1.82, 2.24) is 5.32 Å². The molecular formula is C15H18FNO2. The van der Waals surface area contributed by atoms with Crippen molar-refractivity contribution < 1.29 is 13.9 Å². The van der Waals surface area contributed by atoms with Crippen molar-refractivity contribution >= 4 is 0 Å². The summed E-state index contributed by atoms with van der Waals surface area (Å²) in [7, 11) is 0. The summed E-state index contributed by atoms with van der Waals surface area (Å²) >= 11 is 0. The Morgan fingerprint density at radius 1 is 1.32 bits per heavy atom. The molecule has 2 N–H and O–H groups in total. The molecule has 0 aliphatic rings. The maximum Gasteiger partial charge on any atom is 0.123 e. The fourth-order valence-electron chi connectivity index (χ4n) is 1.91. The molecule has 2 atom stereocenters. The Balaban J connectivity index is 1.91. The highest BCUT2D eigenvalue weighted by molar-refractivity contribution is 5.19. The van der Waals surface area contributed by atoms with Crippen molar-refractivity contribution in [3.63, 3.8) is 0 Å². The Morgan fingerprint density at radius 3 is 2.74 bits per heavy atom. The molecule has 1 aromatic carbocycles. The summed E-state index contributed by atoms with van der Waals surface area (Å²) in [5.41, 5.74) is 0.565. The third-order valence-corrected chi connectivity index (χ3v) is 3.04. The normalized spacial score (nSPS) is 14.3. The molecule has 0 radical (unpaired) electrons. The van der Waals surface area contributed by atoms with E-state index in [0.717, 1.165) is 11.5 Å². The molecule has 102 valence electrons. The molecule has 3 nitrogen and oxygen atoms in total. The molecule has 0 aliphatic heterocycles. The molecule has 0 fully saturated rings. The number of aryl methyl sites for hydroxylation is 1. The average molecular weight is 263 g/mol. The predicted molar refractivity (Wildman–Crippen MR) is 71.2 cm³/mol. The standard InChI is InChI=1S/C15H18FNO2/c1-10-6-7-15(19-10)11(2)17-9-14(18)12-4-3-5-13(16)8-12/h3-8,11,14,17-18H,9H2,1-2H3. The number of rotatable bonds is 5. The lowest BCUT2D eigenvalue weighted by atomic mass is 10.1. The van der Waals surface area contributed by atoms with E-state index in [1.165, 1.54) is 12.1 Å². The third kappa shape index (κ3) is 3.66. The van der Waals surface area contributed by atoms with E-state index in [0.29, 0.717) is 12.1 Å². The van der Waals surface area contributed by atoms with Gasteiger partial charge in [0.05, 0.1) is 12.1 Å². The highest BCUT2D eigenvalue weighted by atomic mass is 19.1. The Hall–Kier alpha value is -1.65. The number of furan rings is 1. The van der Waals surface area contributed by atoms with Crippen molar-refractivity contribution in [2.75, 3.05) is 6.54 Å². The van der Waals surface area contributed by atoms with Crippen molar-refractivity contribution in [2.45, 2.75) is 26.0 Å². The first-order valence-electron chi connectivity index (χ1n) is 6.29. The monoisotopic (exact) mass is 263 g/mol. The zero-order chi connectivity index (χ0) is 13.8. The van der Waals surface area contributed by atoms with E-state index in [9.17, 15) is 9.50 Å². The van der Waals surface area contributed by atoms with Crippen molar-refractivity contribution in [3.05, 3.63) is 59.3 Å². The Kier molecular flexibility index (Phi) is 4.35. The molecule has 4 heteroatoms. The van der Waals surface area contributed by atoms with E-state index in [1.54, 1.807) is 12.1 Å². The predicted octanol–water partition coefficient (Wildman–Crippen LogP) is 3.11. The summed E-state index contributed by atoms with van der Waals surface area (Å²) in [5, 5.41) is 13.1. The van der Waals surface area contributed by atoms with E-state index in [2.05, 4.69) is 5.32 Å². The Labute approximate surface area is 112 Å². The maximum absolute atomic E-state index is 13.0. The van der Waals surface area contributed by atoms with Crippen LogP contribution in [0, 0.1) is 12.7 Å². The summed E-state index contributed by atoms with van der Waals surface area (Å²) < 4.78 is 18.5. The van der Waals surface area contributed by atoms with Gasteiger partial charge >= 0.3 is 0 Å². The topological polar surface area (TPSA) is 45.4 Å². The first-order valence-corrected chi connectivity index (χ1v) is 6.29. The van der Waals surface area contributed by atoms with E-state index >= 15 is 0 Å². The van der Waals surface area contributed by atoms with Gasteiger partial charge in [-0.2, -0.15) is 0 Å². The maximum atomic E-state index is 13.0. The second-order valence-electron chi connectivity index (χ2n) is 4.65. The van der Waals surface area contributed by atoms with Gasteiger partial charge in [0.1, 0.15) is 17.3 Å². The van der Waals surface area contributed by atoms with Gasteiger partial charge in [-0.05, 0) is 43.7 Å². The van der Waals surface area contributed by atoms with Crippen LogP contribution in [-0.4, -0.2) is 11.7 Å². The van der Waals surface area contributed by atoms with E-state index in [1.807, 2.05) is 26.0 Å². The number of halogens is 1. The number of aliphatic hydroxyl groups is 1. The molecule has 1 heterocycles. The molecule has 2 unspecified atom stereocenters. The number of hydrogen-bond donors (Lipinski definition) is 2. The quantitative estimate of drug-likeness (QED) is 0.871. The summed E-state index contributed by atoms with van der Waals surface area (Å²) in [4.78, 5) is 0. The first-order chi connectivity index (χ1) is 9.06. The second-order valence-corrected chi connectivity index (χ2v) is 4.65. The Bertz CT molecular complexity index is 538. The van der Waals surface area contributed by atoms with E-state index in [4.69, 9.17) is 4.42 Å². The smallest absolute Gasteiger partial charge is 0.123 e. The third-order valence-electron chi connectivity index (χ3n) is 3.04. The number of aliphatic hydroxyl groups excluding tert-OH is 1. The van der Waals surface area contributed by atoms with Crippen LogP contribution in [0.4, 0.5) is 4.39 Å². The largest absolute Gasteiger partial charge is 0.465 e. The lowest BCUT2D eigenvalue weighted by molar-refractivity contribution is 0.168. The molecule has 0 bridgehead atoms. The zero-order valence-electron chi connectivity index (χ0n) is 11.1. The van der Waals surface area contributed by atoms with Crippen molar-refractivity contribution in [3.8, 4) is 0 Å². The Morgan fingerprint density at radius 2 is 2.11 bits per heavy atom. The van der Waals surface area contributed by atoms with Crippen molar-refractivity contribution in [1.29, 1.82) is 0 Å². The minimum absolute atomic E-state index is 0.00286. The van der Waals surface area contributed by atoms with Gasteiger partial charge in [0.15, 0.2) is 0 Å². The van der Waals surface area contributed by atoms with Gasteiger partial charge in [0, 0.05) is 6.54 Å². The number of hydrogen-bond acceptors (Lipinski definition) is 3. The SMILES string of the molecule is Cc1ccc(C(C)NCC(O)c2cccc(F)c2)o1. The minimum Gasteiger partial charge on any atom is -0.465 e. The summed E-state index contributed by atoms with van der Waals surface area (Å²) in [6, 6.07) is 9.80. The molecule has 2 aromatic rings. The van der Waals surface area contributed by atoms with Gasteiger partial charge in [-0.25, -0.2) is 4.39 Å². The molecule has 0 amide bonds. The second kappa shape index (κ2) is 5.99. The van der Waals surface area contributed by atoms with Crippen LogP contribution in [0.3, 0.4) is 0 Å². The van der Waals surface area contributed by atoms with Gasteiger partial charge in [-0.3, -0.25) is 0 Å². The van der Waals surface area contributed by atoms with Crippen LogP contribution in [0.25, 0.3) is 0 Å². The highest BCUT2D eigenvalue weighted by Crippen LogP contribution is 2.18. The summed E-state index contributed by atoms with van der Waals surface area (Å²) in [5.74, 6) is 1.34. The van der Waals surface area contributed by atoms with Gasteiger partial charge < -0.3 is 14.8 Å². The van der Waals surface area contributed by atoms with E-state index < -0.39 is 6.10 Å². The van der Waals surface area contributed by atoms with Crippen LogP contribution in [-0.2, 0) is 0 Å². The molecule has 0 aliphatic carbocycles. The van der Waals surface area contributed by atoms with Crippen LogP contribution in [0.2, 0.25) is 0 Å². The van der Waals surface area contributed by atoms with Crippen LogP contribution < -0.4 is 5.32 Å². The molecular weight excluding hydrogens is 245 g/mol. The van der Waals surface area contributed by atoms with Gasteiger partial charge in [0.2, 0.25) is 0 Å². The average Bonchev–Trinajstić information content (AvgIpc) is 2.82. The molecule has 2 rings (SSSR count). The van der Waals surface area contributed by atoms with Crippen LogP contribution in [0.5, 0.6) is 0 Å². The van der Waals surface area contributed by atoms with Gasteiger partial charge in [-0.1, -0.05) is 12.1 Å². The highest BCUT2D eigenvalue weighted by Gasteiger charge is 2.13. The lowest BCUT2D eigenvalue weighted by Gasteiger charge is -2.16. The molecule has 0 saturated carbocycles. The summed E-state index contributed by atoms with van der Waals surface area (Å²) in [6.07, 6.45) is -0.741. The van der Waals surface area contributed by atoms with Crippen molar-refractivity contribution in [2.24, 2.45) is 0 Å². The molecule has 1 aromatic heterocycles. The minimum atomic E-state index is -0.741. The number of nitrogens with one attached hydrogen (secondary N) is 1. The lowest BCUT2D eigenvalue weighted by Crippen LogP contribution is -2.24. The summed E-state index contributed by atoms with van der Waals surface area (Å²) in [6.45, 7) is 4.18. The molecule has 0 saturated heterocycles. The first kappa shape index (κ1) is 13.8. The fraction of sp³-hybridized carbons (Fsp3) is 0.333. The molecule has 0 spiro atoms. The van der Waals surface area contributed by atoms with Crippen LogP contribution in [0.15, 0.2) is 40.8 Å². The number of benzene rings is 1. The fourth-order valence-corrected chi connectivity index (χ4v) is 1.91. The van der Waals surface area contributed by atoms with Crippen LogP contribution in [0.1, 0.15) is 36.2 Å².